The molecule has 9 heteroatoms. The standard InChI is InChI=1S/C34H68N2O2Si2.2BrH.Ni/c1-11-27-19-15-20-28(12-2)33(27)35-31(23-17-25-37-39(5,6)7)32(24-18-26-38-40(8,9)10)36-34-29(13-3)21-16-22-30(34)14-4;;;/h27-30,33-34H,11-26H2,1-10H3;2*1H;/q;;;+2/p-2. The molecule has 0 bridgehead atoms. The van der Waals surface area contributed by atoms with E-state index in [0.717, 1.165) is 38.9 Å². The monoisotopic (exact) mass is 808 g/mol. The molecule has 2 aliphatic carbocycles. The fourth-order valence-electron chi connectivity index (χ4n) is 7.10. The third-order valence-corrected chi connectivity index (χ3v) is 11.6. The SMILES string of the molecule is CCC1CCCC(CC)C1N=C(CCCO[Si](C)(C)C)C(CCCO[Si](C)(C)C)=NC1C(CC)CCCC1CC.[Br][Ni][Br]. The van der Waals surface area contributed by atoms with E-state index in [1.165, 1.54) is 86.5 Å². The maximum atomic E-state index is 6.32. The first-order chi connectivity index (χ1) is 20.3. The van der Waals surface area contributed by atoms with E-state index < -0.39 is 16.6 Å². The quantitative estimate of drug-likeness (QED) is 0.0834. The van der Waals surface area contributed by atoms with Gasteiger partial charge in [-0.2, -0.15) is 0 Å². The zero-order valence-corrected chi connectivity index (χ0v) is 35.7. The van der Waals surface area contributed by atoms with Crippen LogP contribution in [0.2, 0.25) is 39.3 Å². The Balaban J connectivity index is 0.00000295. The number of hydrogen-bond acceptors (Lipinski definition) is 4. The van der Waals surface area contributed by atoms with Gasteiger partial charge in [0.2, 0.25) is 0 Å². The van der Waals surface area contributed by atoms with Crippen molar-refractivity contribution in [2.45, 2.75) is 169 Å². The topological polar surface area (TPSA) is 43.2 Å². The Morgan fingerprint density at radius 3 is 1.12 bits per heavy atom. The van der Waals surface area contributed by atoms with Crippen molar-refractivity contribution in [3.63, 3.8) is 0 Å². The van der Waals surface area contributed by atoms with Crippen molar-refractivity contribution in [2.24, 2.45) is 33.7 Å². The van der Waals surface area contributed by atoms with Gasteiger partial charge in [-0.25, -0.2) is 0 Å². The Bertz CT molecular complexity index is 716. The number of aliphatic imine (C=N–C) groups is 2. The van der Waals surface area contributed by atoms with E-state index in [4.69, 9.17) is 18.8 Å². The van der Waals surface area contributed by atoms with Gasteiger partial charge in [0, 0.05) is 13.2 Å². The molecule has 43 heavy (non-hydrogen) atoms. The van der Waals surface area contributed by atoms with Gasteiger partial charge in [-0.05, 0) is 114 Å². The normalized spacial score (nSPS) is 27.6. The van der Waals surface area contributed by atoms with E-state index in [2.05, 4.69) is 95.4 Å². The van der Waals surface area contributed by atoms with Gasteiger partial charge in [0.05, 0.1) is 23.5 Å². The van der Waals surface area contributed by atoms with Crippen LogP contribution in [0, 0.1) is 23.7 Å². The van der Waals surface area contributed by atoms with Crippen molar-refractivity contribution >= 4 is 56.5 Å². The summed E-state index contributed by atoms with van der Waals surface area (Å²) in [4.78, 5) is 11.6. The van der Waals surface area contributed by atoms with Crippen LogP contribution in [0.25, 0.3) is 0 Å². The number of nitrogens with zero attached hydrogens (tertiary/aromatic N) is 2. The second-order valence-electron chi connectivity index (χ2n) is 14.8. The molecule has 0 N–H and O–H groups in total. The summed E-state index contributed by atoms with van der Waals surface area (Å²) in [6, 6.07) is 0.908. The molecule has 2 rings (SSSR count). The third kappa shape index (κ3) is 17.2. The molecule has 4 unspecified atom stereocenters. The van der Waals surface area contributed by atoms with E-state index in [9.17, 15) is 0 Å². The fourth-order valence-corrected chi connectivity index (χ4v) is 8.62. The number of hydrogen-bond donors (Lipinski definition) is 0. The van der Waals surface area contributed by atoms with Crippen LogP contribution in [0.1, 0.15) is 118 Å². The maximum absolute atomic E-state index is 6.32. The van der Waals surface area contributed by atoms with E-state index in [1.807, 2.05) is 0 Å². The molecule has 0 aromatic carbocycles. The summed E-state index contributed by atoms with van der Waals surface area (Å²) < 4.78 is 12.6. The number of halogens is 2. The van der Waals surface area contributed by atoms with Gasteiger partial charge in [-0.15, -0.1) is 0 Å². The van der Waals surface area contributed by atoms with Crippen molar-refractivity contribution in [2.75, 3.05) is 13.2 Å². The molecule has 258 valence electrons. The first-order valence-electron chi connectivity index (χ1n) is 17.6. The van der Waals surface area contributed by atoms with E-state index in [1.54, 1.807) is 0 Å². The molecule has 2 saturated carbocycles. The van der Waals surface area contributed by atoms with Crippen molar-refractivity contribution in [3.8, 4) is 0 Å². The molecule has 2 aliphatic rings. The summed E-state index contributed by atoms with van der Waals surface area (Å²) in [6.45, 7) is 25.0. The molecular formula is C34H68Br2N2NiO2Si2. The van der Waals surface area contributed by atoms with Crippen molar-refractivity contribution in [1.29, 1.82) is 0 Å². The van der Waals surface area contributed by atoms with Crippen LogP contribution in [0.4, 0.5) is 0 Å². The molecule has 2 fully saturated rings. The van der Waals surface area contributed by atoms with Crippen LogP contribution in [-0.4, -0.2) is 53.4 Å². The summed E-state index contributed by atoms with van der Waals surface area (Å²) >= 11 is 6.00. The Hall–Kier alpha value is 1.15. The number of rotatable bonds is 17. The third-order valence-electron chi connectivity index (χ3n) is 9.46. The van der Waals surface area contributed by atoms with Gasteiger partial charge < -0.3 is 8.85 Å². The van der Waals surface area contributed by atoms with Gasteiger partial charge in [-0.3, -0.25) is 9.98 Å². The summed E-state index contributed by atoms with van der Waals surface area (Å²) in [7, 11) is -1.79. The van der Waals surface area contributed by atoms with Gasteiger partial charge in [-0.1, -0.05) is 66.2 Å². The molecule has 0 aliphatic heterocycles. The van der Waals surface area contributed by atoms with Crippen LogP contribution in [0.5, 0.6) is 0 Å². The van der Waals surface area contributed by atoms with E-state index >= 15 is 0 Å². The summed E-state index contributed by atoms with van der Waals surface area (Å²) in [5.41, 5.74) is 2.65. The average Bonchev–Trinajstić information content (AvgIpc) is 2.95. The molecule has 4 atom stereocenters. The zero-order chi connectivity index (χ0) is 32.5. The molecule has 0 aromatic heterocycles. The van der Waals surface area contributed by atoms with Gasteiger partial charge in [0.25, 0.3) is 0 Å². The summed E-state index contributed by atoms with van der Waals surface area (Å²) in [5, 5.41) is 0. The minimum atomic E-state index is -1.52. The predicted molar refractivity (Wildman–Crippen MR) is 200 cm³/mol. The second-order valence-corrected chi connectivity index (χ2v) is 28.9. The zero-order valence-electron chi connectivity index (χ0n) is 29.6. The molecule has 0 saturated heterocycles. The van der Waals surface area contributed by atoms with E-state index in [0.29, 0.717) is 35.8 Å². The fraction of sp³-hybridized carbons (Fsp3) is 0.941. The van der Waals surface area contributed by atoms with Crippen LogP contribution in [0.15, 0.2) is 9.98 Å². The Labute approximate surface area is 290 Å². The average molecular weight is 812 g/mol. The van der Waals surface area contributed by atoms with Crippen LogP contribution in [0.3, 0.4) is 0 Å². The molecule has 0 spiro atoms. The summed E-state index contributed by atoms with van der Waals surface area (Å²) in [6.07, 6.45) is 17.2. The van der Waals surface area contributed by atoms with Crippen LogP contribution in [-0.2, 0) is 19.7 Å². The van der Waals surface area contributed by atoms with Crippen molar-refractivity contribution < 1.29 is 19.7 Å². The van der Waals surface area contributed by atoms with Gasteiger partial charge in [0.15, 0.2) is 16.6 Å². The molecule has 0 radical (unpaired) electrons. The second kappa shape index (κ2) is 22.7. The Morgan fingerprint density at radius 2 is 0.884 bits per heavy atom. The van der Waals surface area contributed by atoms with Crippen LogP contribution >= 0.6 is 28.5 Å². The molecule has 4 nitrogen and oxygen atoms in total. The van der Waals surface area contributed by atoms with Crippen molar-refractivity contribution in [1.82, 2.24) is 0 Å². The Kier molecular flexibility index (Phi) is 22.2. The Morgan fingerprint density at radius 1 is 0.605 bits per heavy atom. The van der Waals surface area contributed by atoms with Gasteiger partial charge in [0.1, 0.15) is 0 Å². The first-order valence-corrected chi connectivity index (χ1v) is 29.3. The molecule has 0 aromatic rings. The van der Waals surface area contributed by atoms with E-state index in [-0.39, 0.29) is 0 Å². The van der Waals surface area contributed by atoms with Crippen molar-refractivity contribution in [3.05, 3.63) is 0 Å². The minimum absolute atomic E-state index is 0.454. The molecular weight excluding hydrogens is 743 g/mol. The summed E-state index contributed by atoms with van der Waals surface area (Å²) in [5.74, 6) is 2.85. The van der Waals surface area contributed by atoms with Crippen LogP contribution < -0.4 is 0 Å². The first kappa shape index (κ1) is 42.2. The molecule has 0 heterocycles. The predicted octanol–water partition coefficient (Wildman–Crippen LogP) is 12.0. The van der Waals surface area contributed by atoms with Gasteiger partial charge >= 0.3 is 39.3 Å². The molecule has 0 amide bonds.